The fourth-order valence-corrected chi connectivity index (χ4v) is 3.20. The minimum Gasteiger partial charge on any atom is -0.480 e. The maximum Gasteiger partial charge on any atom is 0.317 e. The standard InChI is InChI=1S/C13H23N2O2/c1-14-6-2-11(3-7-14)12-4-8-15(9-5-12)10-13(16)17/h11-12H,1-10H2,(H,16,17)/q-1. The molecule has 17 heavy (non-hydrogen) atoms. The second kappa shape index (κ2) is 5.83. The van der Waals surface area contributed by atoms with E-state index in [1.54, 1.807) is 0 Å². The lowest BCUT2D eigenvalue weighted by molar-refractivity contribution is -0.138. The molecule has 0 unspecified atom stereocenters. The van der Waals surface area contributed by atoms with Crippen molar-refractivity contribution in [1.82, 2.24) is 9.80 Å². The molecule has 2 aliphatic rings. The number of piperidine rings is 2. The summed E-state index contributed by atoms with van der Waals surface area (Å²) in [5, 5.41) is 8.76. The van der Waals surface area contributed by atoms with Gasteiger partial charge in [0.1, 0.15) is 0 Å². The SMILES string of the molecule is [CH2-]N1CCC(C2CCN(CC(=O)O)CC2)CC1. The Kier molecular flexibility index (Phi) is 4.40. The van der Waals surface area contributed by atoms with Gasteiger partial charge in [0.05, 0.1) is 6.54 Å². The summed E-state index contributed by atoms with van der Waals surface area (Å²) in [6.07, 6.45) is 4.89. The average Bonchev–Trinajstić information content (AvgIpc) is 2.30. The van der Waals surface area contributed by atoms with Crippen molar-refractivity contribution >= 4 is 5.97 Å². The first-order valence-electron chi connectivity index (χ1n) is 6.64. The monoisotopic (exact) mass is 239 g/mol. The van der Waals surface area contributed by atoms with Crippen LogP contribution in [0.25, 0.3) is 0 Å². The zero-order valence-corrected chi connectivity index (χ0v) is 10.5. The number of aliphatic carboxylic acids is 1. The third-order valence-corrected chi connectivity index (χ3v) is 4.29. The molecule has 98 valence electrons. The van der Waals surface area contributed by atoms with Crippen LogP contribution in [0.1, 0.15) is 25.7 Å². The summed E-state index contributed by atoms with van der Waals surface area (Å²) in [7, 11) is 3.98. The Labute approximate surface area is 104 Å². The van der Waals surface area contributed by atoms with Gasteiger partial charge in [0, 0.05) is 0 Å². The van der Waals surface area contributed by atoms with Crippen LogP contribution in [0.5, 0.6) is 0 Å². The maximum absolute atomic E-state index is 10.6. The second-order valence-corrected chi connectivity index (χ2v) is 5.46. The highest BCUT2D eigenvalue weighted by atomic mass is 16.4. The van der Waals surface area contributed by atoms with Crippen LogP contribution in [0.4, 0.5) is 0 Å². The predicted molar refractivity (Wildman–Crippen MR) is 66.5 cm³/mol. The van der Waals surface area contributed by atoms with Gasteiger partial charge in [-0.25, -0.2) is 0 Å². The molecule has 4 heteroatoms. The van der Waals surface area contributed by atoms with E-state index in [1.165, 1.54) is 25.7 Å². The third kappa shape index (κ3) is 3.68. The van der Waals surface area contributed by atoms with Crippen molar-refractivity contribution in [2.45, 2.75) is 25.7 Å². The van der Waals surface area contributed by atoms with Crippen LogP contribution < -0.4 is 0 Å². The Balaban J connectivity index is 1.73. The lowest BCUT2D eigenvalue weighted by Crippen LogP contribution is -2.41. The number of carbonyl (C=O) groups is 1. The Morgan fingerprint density at radius 2 is 1.53 bits per heavy atom. The van der Waals surface area contributed by atoms with Crippen molar-refractivity contribution in [2.75, 3.05) is 32.7 Å². The number of hydrogen-bond acceptors (Lipinski definition) is 3. The molecule has 0 aromatic carbocycles. The van der Waals surface area contributed by atoms with Crippen LogP contribution in [0, 0.1) is 18.9 Å². The number of carboxylic acids is 1. The van der Waals surface area contributed by atoms with Gasteiger partial charge in [-0.1, -0.05) is 0 Å². The number of likely N-dealkylation sites (tertiary alicyclic amines) is 2. The summed E-state index contributed by atoms with van der Waals surface area (Å²) >= 11 is 0. The zero-order chi connectivity index (χ0) is 12.3. The Hall–Kier alpha value is -0.610. The highest BCUT2D eigenvalue weighted by molar-refractivity contribution is 5.69. The van der Waals surface area contributed by atoms with Crippen LogP contribution in [-0.2, 0) is 4.79 Å². The molecule has 0 bridgehead atoms. The zero-order valence-electron chi connectivity index (χ0n) is 10.5. The molecule has 0 saturated carbocycles. The first kappa shape index (κ1) is 12.8. The quantitative estimate of drug-likeness (QED) is 0.754. The number of nitrogens with zero attached hydrogens (tertiary/aromatic N) is 2. The smallest absolute Gasteiger partial charge is 0.317 e. The van der Waals surface area contributed by atoms with Gasteiger partial charge in [0.2, 0.25) is 0 Å². The first-order chi connectivity index (χ1) is 8.15. The molecule has 2 heterocycles. The highest BCUT2D eigenvalue weighted by Gasteiger charge is 2.28. The molecule has 0 amide bonds. The van der Waals surface area contributed by atoms with Gasteiger partial charge in [-0.2, -0.15) is 0 Å². The molecule has 0 spiro atoms. The van der Waals surface area contributed by atoms with Crippen LogP contribution in [0.2, 0.25) is 0 Å². The van der Waals surface area contributed by atoms with E-state index < -0.39 is 5.97 Å². The van der Waals surface area contributed by atoms with E-state index >= 15 is 0 Å². The van der Waals surface area contributed by atoms with E-state index in [9.17, 15) is 4.79 Å². The minimum absolute atomic E-state index is 0.212. The molecule has 2 saturated heterocycles. The van der Waals surface area contributed by atoms with Gasteiger partial charge in [-0.05, 0) is 63.7 Å². The molecule has 2 aliphatic heterocycles. The van der Waals surface area contributed by atoms with E-state index in [0.717, 1.165) is 38.0 Å². The topological polar surface area (TPSA) is 43.8 Å². The average molecular weight is 239 g/mol. The Bertz CT molecular complexity index is 254. The van der Waals surface area contributed by atoms with E-state index in [0.29, 0.717) is 0 Å². The largest absolute Gasteiger partial charge is 0.480 e. The van der Waals surface area contributed by atoms with Gasteiger partial charge >= 0.3 is 5.97 Å². The molecule has 0 atom stereocenters. The second-order valence-electron chi connectivity index (χ2n) is 5.46. The van der Waals surface area contributed by atoms with Gasteiger partial charge in [0.25, 0.3) is 0 Å². The number of carboxylic acid groups (broad SMARTS) is 1. The molecule has 2 rings (SSSR count). The van der Waals surface area contributed by atoms with Crippen LogP contribution >= 0.6 is 0 Å². The highest BCUT2D eigenvalue weighted by Crippen LogP contribution is 2.32. The Morgan fingerprint density at radius 1 is 1.06 bits per heavy atom. The summed E-state index contributed by atoms with van der Waals surface area (Å²) < 4.78 is 0. The maximum atomic E-state index is 10.6. The fraction of sp³-hybridized carbons (Fsp3) is 0.846. The molecular weight excluding hydrogens is 216 g/mol. The lowest BCUT2D eigenvalue weighted by Gasteiger charge is -2.41. The summed E-state index contributed by atoms with van der Waals surface area (Å²) in [5.74, 6) is 0.961. The van der Waals surface area contributed by atoms with Crippen molar-refractivity contribution in [1.29, 1.82) is 0 Å². The van der Waals surface area contributed by atoms with Gasteiger partial charge in [0.15, 0.2) is 0 Å². The molecule has 0 aliphatic carbocycles. The van der Waals surface area contributed by atoms with Gasteiger partial charge < -0.3 is 10.0 Å². The van der Waals surface area contributed by atoms with Crippen LogP contribution in [0.15, 0.2) is 0 Å². The van der Waals surface area contributed by atoms with E-state index in [1.807, 2.05) is 0 Å². The van der Waals surface area contributed by atoms with Crippen molar-refractivity contribution in [3.8, 4) is 0 Å². The molecule has 0 aromatic heterocycles. The third-order valence-electron chi connectivity index (χ3n) is 4.29. The van der Waals surface area contributed by atoms with Crippen molar-refractivity contribution < 1.29 is 9.90 Å². The Morgan fingerprint density at radius 3 is 2.00 bits per heavy atom. The van der Waals surface area contributed by atoms with Crippen molar-refractivity contribution in [2.24, 2.45) is 11.8 Å². The molecule has 0 aromatic rings. The summed E-state index contributed by atoms with van der Waals surface area (Å²) in [6, 6.07) is 0. The molecule has 0 radical (unpaired) electrons. The summed E-state index contributed by atoms with van der Waals surface area (Å²) in [4.78, 5) is 14.9. The lowest BCUT2D eigenvalue weighted by atomic mass is 9.79. The molecule has 1 N–H and O–H groups in total. The summed E-state index contributed by atoms with van der Waals surface area (Å²) in [5.41, 5.74) is 0. The predicted octanol–water partition coefficient (Wildman–Crippen LogP) is 1.29. The van der Waals surface area contributed by atoms with E-state index in [-0.39, 0.29) is 6.54 Å². The van der Waals surface area contributed by atoms with E-state index in [2.05, 4.69) is 16.8 Å². The minimum atomic E-state index is -0.700. The van der Waals surface area contributed by atoms with Gasteiger partial charge in [-0.3, -0.25) is 16.7 Å². The molecular formula is C13H23N2O2-. The van der Waals surface area contributed by atoms with Crippen LogP contribution in [-0.4, -0.2) is 53.6 Å². The molecule has 2 fully saturated rings. The van der Waals surface area contributed by atoms with Crippen molar-refractivity contribution in [3.05, 3.63) is 7.05 Å². The number of hydrogen-bond donors (Lipinski definition) is 1. The molecule has 4 nitrogen and oxygen atoms in total. The van der Waals surface area contributed by atoms with Gasteiger partial charge in [-0.15, -0.1) is 0 Å². The summed E-state index contributed by atoms with van der Waals surface area (Å²) in [6.45, 7) is 4.38. The fourth-order valence-electron chi connectivity index (χ4n) is 3.20. The normalized spacial score (nSPS) is 26.2. The number of rotatable bonds is 3. The van der Waals surface area contributed by atoms with E-state index in [4.69, 9.17) is 5.11 Å². The van der Waals surface area contributed by atoms with Crippen LogP contribution in [0.3, 0.4) is 0 Å². The van der Waals surface area contributed by atoms with Crippen molar-refractivity contribution in [3.63, 3.8) is 0 Å². The first-order valence-corrected chi connectivity index (χ1v) is 6.64.